The molecule has 78 valence electrons. The zero-order valence-corrected chi connectivity index (χ0v) is 8.88. The third kappa shape index (κ3) is 1.13. The van der Waals surface area contributed by atoms with Crippen LogP contribution in [0.3, 0.4) is 0 Å². The molecule has 2 aromatic rings. The van der Waals surface area contributed by atoms with Crippen LogP contribution in [0.15, 0.2) is 18.2 Å². The zero-order valence-electron chi connectivity index (χ0n) is 8.88. The number of fused-ring (bicyclic) bond motifs is 1. The lowest BCUT2D eigenvalue weighted by atomic mass is 9.94. The molecule has 1 aliphatic rings. The number of hydrogen-bond acceptors (Lipinski definition) is 2. The van der Waals surface area contributed by atoms with E-state index in [2.05, 4.69) is 35.3 Å². The maximum Gasteiger partial charge on any atom is 0.0961 e. The van der Waals surface area contributed by atoms with Crippen molar-refractivity contribution in [1.29, 1.82) is 0 Å². The molecule has 0 spiro atoms. The second-order valence-corrected chi connectivity index (χ2v) is 4.53. The Bertz CT molecular complexity index is 509. The van der Waals surface area contributed by atoms with Crippen molar-refractivity contribution in [2.45, 2.75) is 25.2 Å². The third-order valence-electron chi connectivity index (χ3n) is 3.59. The quantitative estimate of drug-likeness (QED) is 0.779. The van der Waals surface area contributed by atoms with Gasteiger partial charge in [-0.3, -0.25) is 5.10 Å². The first-order valence-corrected chi connectivity index (χ1v) is 5.41. The molecule has 0 aliphatic heterocycles. The van der Waals surface area contributed by atoms with E-state index in [1.165, 1.54) is 23.8 Å². The van der Waals surface area contributed by atoms with Crippen molar-refractivity contribution in [3.63, 3.8) is 0 Å². The van der Waals surface area contributed by atoms with E-state index in [1.807, 2.05) is 0 Å². The summed E-state index contributed by atoms with van der Waals surface area (Å²) in [4.78, 5) is 0. The van der Waals surface area contributed by atoms with Crippen LogP contribution in [0.4, 0.5) is 0 Å². The van der Waals surface area contributed by atoms with Crippen molar-refractivity contribution in [3.05, 3.63) is 29.5 Å². The van der Waals surface area contributed by atoms with Crippen molar-refractivity contribution in [3.8, 4) is 0 Å². The van der Waals surface area contributed by atoms with E-state index in [0.717, 1.165) is 17.8 Å². The Balaban J connectivity index is 2.27. The minimum Gasteiger partial charge on any atom is -0.330 e. The van der Waals surface area contributed by atoms with Crippen LogP contribution in [0.5, 0.6) is 0 Å². The molecule has 1 aromatic carbocycles. The lowest BCUT2D eigenvalue weighted by Crippen LogP contribution is -2.19. The molecule has 0 unspecified atom stereocenters. The predicted molar refractivity (Wildman–Crippen MR) is 60.8 cm³/mol. The van der Waals surface area contributed by atoms with Crippen molar-refractivity contribution in [1.82, 2.24) is 10.2 Å². The number of para-hydroxylation sites is 1. The molecule has 0 atom stereocenters. The van der Waals surface area contributed by atoms with Crippen molar-refractivity contribution >= 4 is 10.9 Å². The maximum atomic E-state index is 5.86. The summed E-state index contributed by atoms with van der Waals surface area (Å²) in [5, 5.41) is 8.67. The molecular weight excluding hydrogens is 186 g/mol. The highest BCUT2D eigenvalue weighted by Crippen LogP contribution is 2.49. The Morgan fingerprint density at radius 2 is 2.27 bits per heavy atom. The topological polar surface area (TPSA) is 54.7 Å². The van der Waals surface area contributed by atoms with Gasteiger partial charge in [-0.2, -0.15) is 5.10 Å². The zero-order chi connectivity index (χ0) is 10.5. The van der Waals surface area contributed by atoms with Gasteiger partial charge in [0.1, 0.15) is 0 Å². The van der Waals surface area contributed by atoms with Gasteiger partial charge in [0.2, 0.25) is 0 Å². The van der Waals surface area contributed by atoms with Crippen LogP contribution in [0.1, 0.15) is 24.1 Å². The first-order valence-electron chi connectivity index (χ1n) is 5.41. The molecule has 1 aromatic heterocycles. The fourth-order valence-corrected chi connectivity index (χ4v) is 2.33. The van der Waals surface area contributed by atoms with Crippen LogP contribution in [0, 0.1) is 6.92 Å². The van der Waals surface area contributed by atoms with Gasteiger partial charge in [0.15, 0.2) is 0 Å². The molecule has 1 aliphatic carbocycles. The number of benzene rings is 1. The Morgan fingerprint density at radius 1 is 1.47 bits per heavy atom. The van der Waals surface area contributed by atoms with E-state index >= 15 is 0 Å². The first-order chi connectivity index (χ1) is 7.27. The average molecular weight is 201 g/mol. The van der Waals surface area contributed by atoms with E-state index in [0.29, 0.717) is 0 Å². The van der Waals surface area contributed by atoms with Gasteiger partial charge in [0.05, 0.1) is 5.52 Å². The molecule has 1 saturated carbocycles. The fraction of sp³-hybridized carbons (Fsp3) is 0.417. The van der Waals surface area contributed by atoms with Crippen LogP contribution in [0.25, 0.3) is 10.9 Å². The van der Waals surface area contributed by atoms with Crippen molar-refractivity contribution in [2.75, 3.05) is 6.54 Å². The van der Waals surface area contributed by atoms with Gasteiger partial charge in [-0.15, -0.1) is 0 Å². The van der Waals surface area contributed by atoms with Crippen molar-refractivity contribution in [2.24, 2.45) is 5.73 Å². The summed E-state index contributed by atoms with van der Waals surface area (Å²) in [5.74, 6) is 0. The molecule has 1 fully saturated rings. The highest BCUT2D eigenvalue weighted by molar-refractivity contribution is 5.85. The summed E-state index contributed by atoms with van der Waals surface area (Å²) in [6, 6.07) is 6.39. The number of rotatable bonds is 2. The molecule has 3 N–H and O–H groups in total. The second kappa shape index (κ2) is 2.83. The van der Waals surface area contributed by atoms with Gasteiger partial charge >= 0.3 is 0 Å². The molecular formula is C12H15N3. The van der Waals surface area contributed by atoms with Crippen LogP contribution >= 0.6 is 0 Å². The minimum absolute atomic E-state index is 0.223. The van der Waals surface area contributed by atoms with Crippen LogP contribution in [-0.4, -0.2) is 16.7 Å². The monoisotopic (exact) mass is 201 g/mol. The summed E-state index contributed by atoms with van der Waals surface area (Å²) in [5.41, 5.74) is 9.66. The Hall–Kier alpha value is -1.35. The summed E-state index contributed by atoms with van der Waals surface area (Å²) < 4.78 is 0. The first kappa shape index (κ1) is 8.92. The maximum absolute atomic E-state index is 5.86. The number of nitrogens with zero attached hydrogens (tertiary/aromatic N) is 1. The lowest BCUT2D eigenvalue weighted by Gasteiger charge is -2.12. The molecule has 0 saturated heterocycles. The van der Waals surface area contributed by atoms with Crippen LogP contribution < -0.4 is 5.73 Å². The normalized spacial score (nSPS) is 18.3. The third-order valence-corrected chi connectivity index (χ3v) is 3.59. The molecule has 3 heteroatoms. The predicted octanol–water partition coefficient (Wildman–Crippen LogP) is 1.86. The van der Waals surface area contributed by atoms with Crippen molar-refractivity contribution < 1.29 is 0 Å². The molecule has 0 radical (unpaired) electrons. The Morgan fingerprint density at radius 3 is 2.93 bits per heavy atom. The fourth-order valence-electron chi connectivity index (χ4n) is 2.33. The molecule has 1 heterocycles. The summed E-state index contributed by atoms with van der Waals surface area (Å²) >= 11 is 0. The SMILES string of the molecule is Cc1[nH]nc2c(C3(CN)CC3)cccc12. The van der Waals surface area contributed by atoms with Gasteiger partial charge < -0.3 is 5.73 Å². The second-order valence-electron chi connectivity index (χ2n) is 4.53. The number of H-pyrrole nitrogens is 1. The highest BCUT2D eigenvalue weighted by atomic mass is 15.1. The number of aryl methyl sites for hydroxylation is 1. The van der Waals surface area contributed by atoms with E-state index in [4.69, 9.17) is 5.73 Å². The summed E-state index contributed by atoms with van der Waals surface area (Å²) in [6.07, 6.45) is 2.41. The molecule has 0 amide bonds. The largest absolute Gasteiger partial charge is 0.330 e. The number of nitrogens with one attached hydrogen (secondary N) is 1. The number of aromatic amines is 1. The Labute approximate surface area is 88.7 Å². The van der Waals surface area contributed by atoms with E-state index in [-0.39, 0.29) is 5.41 Å². The van der Waals surface area contributed by atoms with Crippen LogP contribution in [0.2, 0.25) is 0 Å². The van der Waals surface area contributed by atoms with E-state index in [1.54, 1.807) is 0 Å². The van der Waals surface area contributed by atoms with Gasteiger partial charge in [-0.05, 0) is 25.3 Å². The smallest absolute Gasteiger partial charge is 0.0961 e. The van der Waals surface area contributed by atoms with Gasteiger partial charge in [0, 0.05) is 23.0 Å². The number of nitrogens with two attached hydrogens (primary N) is 1. The lowest BCUT2D eigenvalue weighted by molar-refractivity contribution is 0.709. The Kier molecular flexibility index (Phi) is 1.68. The van der Waals surface area contributed by atoms with E-state index < -0.39 is 0 Å². The average Bonchev–Trinajstić information content (AvgIpc) is 2.98. The standard InChI is InChI=1S/C12H15N3/c1-8-9-3-2-4-10(11(9)15-14-8)12(7-13)5-6-12/h2-4H,5-7,13H2,1H3,(H,14,15). The molecule has 3 nitrogen and oxygen atoms in total. The minimum atomic E-state index is 0.223. The summed E-state index contributed by atoms with van der Waals surface area (Å²) in [6.45, 7) is 2.79. The number of hydrogen-bond donors (Lipinski definition) is 2. The van der Waals surface area contributed by atoms with E-state index in [9.17, 15) is 0 Å². The summed E-state index contributed by atoms with van der Waals surface area (Å²) in [7, 11) is 0. The molecule has 3 rings (SSSR count). The number of aromatic nitrogens is 2. The van der Waals surface area contributed by atoms with Gasteiger partial charge in [-0.25, -0.2) is 0 Å². The highest BCUT2D eigenvalue weighted by Gasteiger charge is 2.44. The van der Waals surface area contributed by atoms with Gasteiger partial charge in [-0.1, -0.05) is 18.2 Å². The van der Waals surface area contributed by atoms with Gasteiger partial charge in [0.25, 0.3) is 0 Å². The van der Waals surface area contributed by atoms with Crippen LogP contribution in [-0.2, 0) is 5.41 Å². The molecule has 15 heavy (non-hydrogen) atoms. The molecule has 0 bridgehead atoms.